The minimum Gasteiger partial charge on any atom is -0.477 e. The minimum atomic E-state index is -3.89. The number of aromatic nitrogens is 2. The van der Waals surface area contributed by atoms with Crippen LogP contribution >= 0.6 is 0 Å². The lowest BCUT2D eigenvalue weighted by atomic mass is 10.1. The van der Waals surface area contributed by atoms with Gasteiger partial charge in [0.1, 0.15) is 5.69 Å². The van der Waals surface area contributed by atoms with Crippen LogP contribution in [0.25, 0.3) is 10.8 Å². The predicted molar refractivity (Wildman–Crippen MR) is 84.9 cm³/mol. The van der Waals surface area contributed by atoms with E-state index in [2.05, 4.69) is 9.82 Å². The van der Waals surface area contributed by atoms with Crippen LogP contribution in [-0.4, -0.2) is 29.3 Å². The second kappa shape index (κ2) is 5.40. The first-order valence-electron chi connectivity index (χ1n) is 6.66. The average Bonchev–Trinajstić information content (AvgIpc) is 2.86. The van der Waals surface area contributed by atoms with Crippen molar-refractivity contribution >= 4 is 32.6 Å². The summed E-state index contributed by atoms with van der Waals surface area (Å²) in [5, 5.41) is 14.2. The fourth-order valence-electron chi connectivity index (χ4n) is 2.34. The van der Waals surface area contributed by atoms with E-state index in [1.807, 2.05) is 18.2 Å². The molecule has 0 saturated carbocycles. The number of fused-ring (bicyclic) bond motifs is 1. The normalized spacial score (nSPS) is 11.5. The van der Waals surface area contributed by atoms with E-state index in [-0.39, 0.29) is 16.4 Å². The fraction of sp³-hybridized carbons (Fsp3) is 0.0667. The molecular weight excluding hydrogens is 318 g/mol. The zero-order valence-electron chi connectivity index (χ0n) is 12.1. The molecule has 1 aromatic heterocycles. The molecule has 118 valence electrons. The molecule has 2 N–H and O–H groups in total. The molecule has 7 nitrogen and oxygen atoms in total. The van der Waals surface area contributed by atoms with Gasteiger partial charge in [-0.1, -0.05) is 36.4 Å². The molecule has 3 rings (SSSR count). The van der Waals surface area contributed by atoms with Crippen LogP contribution in [0.15, 0.2) is 53.4 Å². The minimum absolute atomic E-state index is 0.0437. The van der Waals surface area contributed by atoms with Gasteiger partial charge in [0.25, 0.3) is 10.0 Å². The summed E-state index contributed by atoms with van der Waals surface area (Å²) in [6.07, 6.45) is 0. The van der Waals surface area contributed by atoms with Crippen molar-refractivity contribution < 1.29 is 18.3 Å². The van der Waals surface area contributed by atoms with E-state index >= 15 is 0 Å². The maximum absolute atomic E-state index is 12.6. The molecule has 1 heterocycles. The van der Waals surface area contributed by atoms with Gasteiger partial charge < -0.3 is 5.11 Å². The molecule has 0 radical (unpaired) electrons. The van der Waals surface area contributed by atoms with Crippen LogP contribution in [0.2, 0.25) is 0 Å². The zero-order chi connectivity index (χ0) is 16.6. The van der Waals surface area contributed by atoms with Crippen molar-refractivity contribution in [2.75, 3.05) is 4.72 Å². The van der Waals surface area contributed by atoms with Crippen molar-refractivity contribution in [3.63, 3.8) is 0 Å². The number of benzene rings is 2. The molecule has 0 aliphatic heterocycles. The molecule has 0 atom stereocenters. The van der Waals surface area contributed by atoms with Crippen LogP contribution in [0.4, 0.5) is 5.82 Å². The third-order valence-corrected chi connectivity index (χ3v) is 4.79. The Morgan fingerprint density at radius 1 is 1.17 bits per heavy atom. The summed E-state index contributed by atoms with van der Waals surface area (Å²) in [6.45, 7) is 0. The Bertz CT molecular complexity index is 1000. The Morgan fingerprint density at radius 3 is 2.57 bits per heavy atom. The van der Waals surface area contributed by atoms with Gasteiger partial charge >= 0.3 is 5.97 Å². The summed E-state index contributed by atoms with van der Waals surface area (Å²) in [7, 11) is -2.46. The molecule has 8 heteroatoms. The number of nitrogens with zero attached hydrogens (tertiary/aromatic N) is 2. The Kier molecular flexibility index (Phi) is 3.53. The SMILES string of the molecule is Cn1nc(NS(=O)(=O)c2cccc3ccccc23)cc1C(=O)O. The standard InChI is InChI=1S/C15H13N3O4S/c1-18-12(15(19)20)9-14(16-18)17-23(21,22)13-8-4-6-10-5-2-3-7-11(10)13/h2-9H,1H3,(H,16,17)(H,19,20). The van der Waals surface area contributed by atoms with E-state index in [0.717, 1.165) is 10.1 Å². The van der Waals surface area contributed by atoms with Crippen molar-refractivity contribution in [2.45, 2.75) is 4.90 Å². The highest BCUT2D eigenvalue weighted by Crippen LogP contribution is 2.24. The topological polar surface area (TPSA) is 101 Å². The molecule has 0 aliphatic carbocycles. The lowest BCUT2D eigenvalue weighted by Crippen LogP contribution is -2.14. The number of sulfonamides is 1. The van der Waals surface area contributed by atoms with E-state index < -0.39 is 16.0 Å². The number of carboxylic acid groups (broad SMARTS) is 1. The molecule has 3 aromatic rings. The summed E-state index contributed by atoms with van der Waals surface area (Å²) in [5.41, 5.74) is -0.111. The molecule has 0 spiro atoms. The maximum Gasteiger partial charge on any atom is 0.354 e. The highest BCUT2D eigenvalue weighted by atomic mass is 32.2. The van der Waals surface area contributed by atoms with Gasteiger partial charge in [-0.05, 0) is 11.5 Å². The molecule has 0 amide bonds. The first-order chi connectivity index (χ1) is 10.9. The molecule has 2 aromatic carbocycles. The van der Waals surface area contributed by atoms with Gasteiger partial charge in [0.2, 0.25) is 0 Å². The highest BCUT2D eigenvalue weighted by molar-refractivity contribution is 7.93. The van der Waals surface area contributed by atoms with Crippen molar-refractivity contribution in [1.82, 2.24) is 9.78 Å². The first kappa shape index (κ1) is 15.0. The number of aromatic carboxylic acids is 1. The first-order valence-corrected chi connectivity index (χ1v) is 8.15. The Morgan fingerprint density at radius 2 is 1.87 bits per heavy atom. The van der Waals surface area contributed by atoms with E-state index in [9.17, 15) is 13.2 Å². The van der Waals surface area contributed by atoms with Crippen molar-refractivity contribution in [2.24, 2.45) is 7.05 Å². The van der Waals surface area contributed by atoms with Crippen LogP contribution in [-0.2, 0) is 17.1 Å². The lowest BCUT2D eigenvalue weighted by Gasteiger charge is -2.08. The van der Waals surface area contributed by atoms with Crippen LogP contribution in [0.3, 0.4) is 0 Å². The van der Waals surface area contributed by atoms with Gasteiger partial charge in [-0.3, -0.25) is 9.40 Å². The van der Waals surface area contributed by atoms with Crippen molar-refractivity contribution in [1.29, 1.82) is 0 Å². The van der Waals surface area contributed by atoms with Gasteiger partial charge in [0.05, 0.1) is 4.90 Å². The van der Waals surface area contributed by atoms with Gasteiger partial charge in [0.15, 0.2) is 5.82 Å². The summed E-state index contributed by atoms with van der Waals surface area (Å²) in [4.78, 5) is 11.1. The fourth-order valence-corrected chi connectivity index (χ4v) is 3.56. The molecule has 23 heavy (non-hydrogen) atoms. The van der Waals surface area contributed by atoms with E-state index in [1.54, 1.807) is 18.2 Å². The van der Waals surface area contributed by atoms with Gasteiger partial charge in [-0.15, -0.1) is 0 Å². The second-order valence-electron chi connectivity index (χ2n) is 4.93. The van der Waals surface area contributed by atoms with Gasteiger partial charge in [-0.25, -0.2) is 13.2 Å². The Labute approximate surface area is 132 Å². The zero-order valence-corrected chi connectivity index (χ0v) is 12.9. The second-order valence-corrected chi connectivity index (χ2v) is 6.58. The summed E-state index contributed by atoms with van der Waals surface area (Å²) in [6, 6.07) is 13.2. The van der Waals surface area contributed by atoms with Crippen LogP contribution in [0, 0.1) is 0 Å². The Balaban J connectivity index is 2.05. The predicted octanol–water partition coefficient (Wildman–Crippen LogP) is 2.07. The van der Waals surface area contributed by atoms with Crippen LogP contribution < -0.4 is 4.72 Å². The molecule has 0 unspecified atom stereocenters. The molecule has 0 fully saturated rings. The molecular formula is C15H13N3O4S. The van der Waals surface area contributed by atoms with Gasteiger partial charge in [-0.2, -0.15) is 5.10 Å². The molecule has 0 saturated heterocycles. The van der Waals surface area contributed by atoms with E-state index in [1.165, 1.54) is 19.2 Å². The van der Waals surface area contributed by atoms with Crippen molar-refractivity contribution in [3.8, 4) is 0 Å². The number of carboxylic acids is 1. The smallest absolute Gasteiger partial charge is 0.354 e. The third kappa shape index (κ3) is 2.76. The number of aryl methyl sites for hydroxylation is 1. The maximum atomic E-state index is 12.6. The lowest BCUT2D eigenvalue weighted by molar-refractivity contribution is 0.0685. The number of rotatable bonds is 4. The van der Waals surface area contributed by atoms with Crippen LogP contribution in [0.1, 0.15) is 10.5 Å². The monoisotopic (exact) mass is 331 g/mol. The van der Waals surface area contributed by atoms with E-state index in [4.69, 9.17) is 5.11 Å². The summed E-state index contributed by atoms with van der Waals surface area (Å²) in [5.74, 6) is -1.23. The van der Waals surface area contributed by atoms with E-state index in [0.29, 0.717) is 5.39 Å². The summed E-state index contributed by atoms with van der Waals surface area (Å²) < 4.78 is 28.6. The van der Waals surface area contributed by atoms with Gasteiger partial charge in [0, 0.05) is 18.5 Å². The average molecular weight is 331 g/mol. The largest absolute Gasteiger partial charge is 0.477 e. The number of nitrogens with one attached hydrogen (secondary N) is 1. The molecule has 0 aliphatic rings. The highest BCUT2D eigenvalue weighted by Gasteiger charge is 2.20. The number of carbonyl (C=O) groups is 1. The van der Waals surface area contributed by atoms with Crippen molar-refractivity contribution in [3.05, 3.63) is 54.2 Å². The number of hydrogen-bond donors (Lipinski definition) is 2. The number of hydrogen-bond acceptors (Lipinski definition) is 4. The van der Waals surface area contributed by atoms with Crippen LogP contribution in [0.5, 0.6) is 0 Å². The molecule has 0 bridgehead atoms. The quantitative estimate of drug-likeness (QED) is 0.762. The Hall–Kier alpha value is -2.87. The third-order valence-electron chi connectivity index (χ3n) is 3.38. The summed E-state index contributed by atoms with van der Waals surface area (Å²) >= 11 is 0. The number of anilines is 1.